The van der Waals surface area contributed by atoms with Gasteiger partial charge in [-0.15, -0.1) is 0 Å². The largest absolute Gasteiger partial charge is 0.323 e. The van der Waals surface area contributed by atoms with E-state index in [0.29, 0.717) is 5.69 Å². The van der Waals surface area contributed by atoms with Crippen LogP contribution in [0.2, 0.25) is 0 Å². The van der Waals surface area contributed by atoms with Crippen LogP contribution in [0.15, 0.2) is 35.7 Å². The fourth-order valence-corrected chi connectivity index (χ4v) is 1.69. The molecule has 8 nitrogen and oxygen atoms in total. The summed E-state index contributed by atoms with van der Waals surface area (Å²) < 4.78 is 0. The third kappa shape index (κ3) is 5.92. The summed E-state index contributed by atoms with van der Waals surface area (Å²) in [5.74, 6) is 4.81. The quantitative estimate of drug-likeness (QED) is 0.502. The number of rotatable bonds is 3. The van der Waals surface area contributed by atoms with E-state index in [9.17, 15) is 4.79 Å². The fraction of sp³-hybridized carbons (Fsp3) is 0.125. The van der Waals surface area contributed by atoms with Gasteiger partial charge in [0, 0.05) is 25.0 Å². The Balaban J connectivity index is 0.00000123. The van der Waals surface area contributed by atoms with Gasteiger partial charge in [-0.3, -0.25) is 9.78 Å². The van der Waals surface area contributed by atoms with E-state index in [4.69, 9.17) is 16.4 Å². The first-order valence-corrected chi connectivity index (χ1v) is 6.55. The van der Waals surface area contributed by atoms with Gasteiger partial charge in [0.1, 0.15) is 5.69 Å². The van der Waals surface area contributed by atoms with Crippen molar-refractivity contribution < 1.29 is 4.79 Å². The van der Waals surface area contributed by atoms with E-state index in [1.54, 1.807) is 18.5 Å². The highest BCUT2D eigenvalue weighted by Gasteiger charge is 2.09. The highest BCUT2D eigenvalue weighted by molar-refractivity contribution is 6.03. The molecule has 0 saturated heterocycles. The standard InChI is InChI=1S/C14H15N5O.2CHN/c1-9-5-11(7-18-15)3-4-12(9)19-14(20)13-8-16-10(2)6-17-13;2*1-2/h3-8H,15H2,1-2H3,(H,19,20);2*1H. The monoisotopic (exact) mass is 323 g/mol. The number of benzene rings is 1. The second-order valence-electron chi connectivity index (χ2n) is 4.35. The van der Waals surface area contributed by atoms with Crippen molar-refractivity contribution in [1.82, 2.24) is 9.97 Å². The summed E-state index contributed by atoms with van der Waals surface area (Å²) in [6.07, 6.45) is 4.56. The maximum Gasteiger partial charge on any atom is 0.275 e. The van der Waals surface area contributed by atoms with Crippen molar-refractivity contribution in [3.63, 3.8) is 0 Å². The number of nitrogens with one attached hydrogen (secondary N) is 1. The molecule has 0 saturated carbocycles. The van der Waals surface area contributed by atoms with Crippen LogP contribution >= 0.6 is 0 Å². The van der Waals surface area contributed by atoms with Crippen molar-refractivity contribution in [2.24, 2.45) is 10.9 Å². The van der Waals surface area contributed by atoms with E-state index in [0.717, 1.165) is 16.8 Å². The number of amides is 1. The van der Waals surface area contributed by atoms with Crippen LogP contribution < -0.4 is 11.2 Å². The summed E-state index contributed by atoms with van der Waals surface area (Å²) in [5.41, 5.74) is 3.55. The summed E-state index contributed by atoms with van der Waals surface area (Å²) in [7, 11) is 0. The number of hydrogen-bond acceptors (Lipinski definition) is 7. The Labute approximate surface area is 140 Å². The molecule has 8 heteroatoms. The van der Waals surface area contributed by atoms with Gasteiger partial charge in [0.2, 0.25) is 0 Å². The van der Waals surface area contributed by atoms with E-state index in [1.165, 1.54) is 6.20 Å². The van der Waals surface area contributed by atoms with E-state index in [-0.39, 0.29) is 11.6 Å². The highest BCUT2D eigenvalue weighted by atomic mass is 16.1. The van der Waals surface area contributed by atoms with Gasteiger partial charge in [0.25, 0.3) is 5.91 Å². The molecule has 1 heterocycles. The first kappa shape index (κ1) is 20.2. The van der Waals surface area contributed by atoms with Gasteiger partial charge in [-0.05, 0) is 37.1 Å². The number of anilines is 1. The van der Waals surface area contributed by atoms with Crippen molar-refractivity contribution in [1.29, 1.82) is 10.5 Å². The number of hydrogen-bond donors (Lipinski definition) is 2. The lowest BCUT2D eigenvalue weighted by Crippen LogP contribution is -2.15. The predicted molar refractivity (Wildman–Crippen MR) is 91.0 cm³/mol. The lowest BCUT2D eigenvalue weighted by atomic mass is 10.1. The van der Waals surface area contributed by atoms with Crippen LogP contribution in [0, 0.1) is 37.5 Å². The molecule has 2 aromatic rings. The minimum atomic E-state index is -0.291. The highest BCUT2D eigenvalue weighted by Crippen LogP contribution is 2.16. The molecule has 0 fully saturated rings. The Kier molecular flexibility index (Phi) is 9.16. The minimum absolute atomic E-state index is 0.280. The Bertz CT molecular complexity index is 727. The normalized spacial score (nSPS) is 9.08. The van der Waals surface area contributed by atoms with Crippen molar-refractivity contribution in [3.8, 4) is 13.1 Å². The van der Waals surface area contributed by atoms with Crippen LogP contribution in [0.1, 0.15) is 27.3 Å². The third-order valence-electron chi connectivity index (χ3n) is 2.74. The SMILES string of the molecule is C#N.C#N.Cc1cnc(C(=O)Nc2ccc(C=NN)cc2C)cn1. The zero-order chi connectivity index (χ0) is 18.5. The summed E-state index contributed by atoms with van der Waals surface area (Å²) >= 11 is 0. The summed E-state index contributed by atoms with van der Waals surface area (Å²) in [4.78, 5) is 20.1. The summed E-state index contributed by atoms with van der Waals surface area (Å²) in [5, 5.41) is 19.3. The lowest BCUT2D eigenvalue weighted by molar-refractivity contribution is 0.102. The maximum atomic E-state index is 12.0. The number of aromatic nitrogens is 2. The van der Waals surface area contributed by atoms with Gasteiger partial charge >= 0.3 is 0 Å². The predicted octanol–water partition coefficient (Wildman–Crippen LogP) is 1.92. The van der Waals surface area contributed by atoms with Gasteiger partial charge in [-0.1, -0.05) is 6.07 Å². The van der Waals surface area contributed by atoms with Gasteiger partial charge < -0.3 is 11.2 Å². The fourth-order valence-electron chi connectivity index (χ4n) is 1.69. The molecule has 122 valence electrons. The Morgan fingerprint density at radius 3 is 2.38 bits per heavy atom. The van der Waals surface area contributed by atoms with Crippen molar-refractivity contribution in [2.75, 3.05) is 5.32 Å². The Hall–Kier alpha value is -3.78. The lowest BCUT2D eigenvalue weighted by Gasteiger charge is -2.08. The van der Waals surface area contributed by atoms with Crippen LogP contribution in [-0.4, -0.2) is 22.1 Å². The molecule has 1 aromatic heterocycles. The second kappa shape index (κ2) is 10.9. The molecule has 0 aliphatic carbocycles. The number of nitriles is 2. The van der Waals surface area contributed by atoms with E-state index in [2.05, 4.69) is 33.5 Å². The molecule has 2 rings (SSSR count). The number of aryl methyl sites for hydroxylation is 2. The average Bonchev–Trinajstić information content (AvgIpc) is 2.61. The Morgan fingerprint density at radius 1 is 1.21 bits per heavy atom. The second-order valence-corrected chi connectivity index (χ2v) is 4.35. The first-order chi connectivity index (χ1) is 11.6. The van der Waals surface area contributed by atoms with Crippen LogP contribution in [0.3, 0.4) is 0 Å². The van der Waals surface area contributed by atoms with Crippen LogP contribution in [0.5, 0.6) is 0 Å². The molecule has 0 radical (unpaired) electrons. The molecule has 24 heavy (non-hydrogen) atoms. The van der Waals surface area contributed by atoms with Crippen molar-refractivity contribution in [3.05, 3.63) is 53.1 Å². The first-order valence-electron chi connectivity index (χ1n) is 6.55. The van der Waals surface area contributed by atoms with Gasteiger partial charge in [-0.25, -0.2) is 15.5 Å². The molecule has 0 aliphatic rings. The molecule has 1 aromatic carbocycles. The van der Waals surface area contributed by atoms with Crippen molar-refractivity contribution >= 4 is 17.8 Å². The van der Waals surface area contributed by atoms with Crippen LogP contribution in [0.4, 0.5) is 5.69 Å². The van der Waals surface area contributed by atoms with Gasteiger partial charge in [-0.2, -0.15) is 5.10 Å². The Morgan fingerprint density at radius 2 is 1.88 bits per heavy atom. The molecule has 3 N–H and O–H groups in total. The molecule has 0 unspecified atom stereocenters. The number of nitrogens with two attached hydrogens (primary N) is 1. The topological polar surface area (TPSA) is 141 Å². The van der Waals surface area contributed by atoms with E-state index in [1.807, 2.05) is 26.0 Å². The number of nitrogens with zero attached hydrogens (tertiary/aromatic N) is 5. The van der Waals surface area contributed by atoms with Crippen LogP contribution in [-0.2, 0) is 0 Å². The molecule has 0 aliphatic heterocycles. The van der Waals surface area contributed by atoms with Crippen LogP contribution in [0.25, 0.3) is 0 Å². The molecule has 1 amide bonds. The molecule has 0 bridgehead atoms. The smallest absolute Gasteiger partial charge is 0.275 e. The van der Waals surface area contributed by atoms with E-state index >= 15 is 0 Å². The number of hydrazone groups is 1. The average molecular weight is 323 g/mol. The van der Waals surface area contributed by atoms with Crippen molar-refractivity contribution in [2.45, 2.75) is 13.8 Å². The molecule has 0 spiro atoms. The summed E-state index contributed by atoms with van der Waals surface area (Å²) in [6.45, 7) is 10.7. The zero-order valence-electron chi connectivity index (χ0n) is 13.3. The molecule has 0 atom stereocenters. The number of carbonyl (C=O) groups excluding carboxylic acids is 1. The zero-order valence-corrected chi connectivity index (χ0v) is 13.3. The number of carbonyl (C=O) groups is 1. The summed E-state index contributed by atoms with van der Waals surface area (Å²) in [6, 6.07) is 5.50. The van der Waals surface area contributed by atoms with Gasteiger partial charge in [0.05, 0.1) is 18.1 Å². The molecular formula is C16H17N7O. The minimum Gasteiger partial charge on any atom is -0.323 e. The maximum absolute atomic E-state index is 12.0. The third-order valence-corrected chi connectivity index (χ3v) is 2.74. The molecular weight excluding hydrogens is 306 g/mol. The van der Waals surface area contributed by atoms with E-state index < -0.39 is 0 Å². The van der Waals surface area contributed by atoms with Gasteiger partial charge in [0.15, 0.2) is 0 Å².